The van der Waals surface area contributed by atoms with E-state index in [0.717, 1.165) is 0 Å². The second kappa shape index (κ2) is 7.41. The fourth-order valence-electron chi connectivity index (χ4n) is 1.23. The third-order valence-corrected chi connectivity index (χ3v) is 2.62. The van der Waals surface area contributed by atoms with E-state index in [2.05, 4.69) is 10.6 Å². The molecule has 0 spiro atoms. The van der Waals surface area contributed by atoms with Gasteiger partial charge in [-0.25, -0.2) is 4.79 Å². The predicted molar refractivity (Wildman–Crippen MR) is 70.1 cm³/mol. The summed E-state index contributed by atoms with van der Waals surface area (Å²) in [6.45, 7) is 4.34. The van der Waals surface area contributed by atoms with Crippen molar-refractivity contribution in [2.45, 2.75) is 32.4 Å². The number of amides is 1. The Kier molecular flexibility index (Phi) is 6.89. The summed E-state index contributed by atoms with van der Waals surface area (Å²) in [5, 5.41) is 13.1. The Morgan fingerprint density at radius 2 is 1.85 bits per heavy atom. The molecule has 0 aliphatic rings. The molecule has 0 heterocycles. The second-order valence-corrected chi connectivity index (χ2v) is 6.61. The fraction of sp³-hybridized carbons (Fsp3) is 0.800. The van der Waals surface area contributed by atoms with Crippen LogP contribution in [0, 0.1) is 0 Å². The average Bonchev–Trinajstić information content (AvgIpc) is 2.09. The summed E-state index contributed by atoms with van der Waals surface area (Å²) in [6.07, 6.45) is -0.858. The molecule has 9 nitrogen and oxygen atoms in total. The Morgan fingerprint density at radius 3 is 2.25 bits per heavy atom. The van der Waals surface area contributed by atoms with Crippen LogP contribution in [0.3, 0.4) is 0 Å². The SMILES string of the molecule is CC(C)(C)OC(=O)NC(CNCC(=O)O)CS(=O)(=O)O. The molecule has 0 aromatic rings. The maximum Gasteiger partial charge on any atom is 0.407 e. The molecular formula is C10H20N2O7S. The molecule has 0 saturated heterocycles. The van der Waals surface area contributed by atoms with E-state index in [1.807, 2.05) is 0 Å². The number of carboxylic acids is 1. The normalized spacial score (nSPS) is 13.6. The molecule has 10 heteroatoms. The third kappa shape index (κ3) is 11.7. The summed E-state index contributed by atoms with van der Waals surface area (Å²) in [6, 6.07) is -1.01. The van der Waals surface area contributed by atoms with E-state index in [1.165, 1.54) is 0 Å². The minimum absolute atomic E-state index is 0.147. The molecule has 0 aromatic heterocycles. The Labute approximate surface area is 117 Å². The molecule has 0 bridgehead atoms. The molecule has 0 aromatic carbocycles. The van der Waals surface area contributed by atoms with Gasteiger partial charge in [-0.3, -0.25) is 9.35 Å². The van der Waals surface area contributed by atoms with Crippen molar-refractivity contribution in [3.8, 4) is 0 Å². The van der Waals surface area contributed by atoms with Crippen LogP contribution in [0.2, 0.25) is 0 Å². The van der Waals surface area contributed by atoms with Gasteiger partial charge in [-0.1, -0.05) is 0 Å². The average molecular weight is 312 g/mol. The lowest BCUT2D eigenvalue weighted by Gasteiger charge is -2.23. The van der Waals surface area contributed by atoms with Crippen molar-refractivity contribution >= 4 is 22.2 Å². The number of carbonyl (C=O) groups is 2. The zero-order valence-electron chi connectivity index (χ0n) is 11.5. The van der Waals surface area contributed by atoms with E-state index in [1.54, 1.807) is 20.8 Å². The number of ether oxygens (including phenoxy) is 1. The molecule has 20 heavy (non-hydrogen) atoms. The number of hydrogen-bond acceptors (Lipinski definition) is 6. The van der Waals surface area contributed by atoms with Gasteiger partial charge in [-0.05, 0) is 20.8 Å². The van der Waals surface area contributed by atoms with Crippen LogP contribution in [0.25, 0.3) is 0 Å². The third-order valence-electron chi connectivity index (χ3n) is 1.80. The highest BCUT2D eigenvalue weighted by molar-refractivity contribution is 7.85. The Hall–Kier alpha value is -1.39. The summed E-state index contributed by atoms with van der Waals surface area (Å²) in [4.78, 5) is 21.8. The van der Waals surface area contributed by atoms with Crippen LogP contribution in [0.15, 0.2) is 0 Å². The van der Waals surface area contributed by atoms with Crippen molar-refractivity contribution in [3.63, 3.8) is 0 Å². The molecule has 1 amide bonds. The van der Waals surface area contributed by atoms with Crippen molar-refractivity contribution in [1.29, 1.82) is 0 Å². The first-order valence-electron chi connectivity index (χ1n) is 5.76. The molecule has 0 aliphatic carbocycles. The number of carbonyl (C=O) groups excluding carboxylic acids is 1. The maximum atomic E-state index is 11.5. The summed E-state index contributed by atoms with van der Waals surface area (Å²) in [5.74, 6) is -1.88. The van der Waals surface area contributed by atoms with Crippen LogP contribution in [-0.2, 0) is 19.6 Å². The van der Waals surface area contributed by atoms with Crippen LogP contribution in [0.4, 0.5) is 4.79 Å². The predicted octanol–water partition coefficient (Wildman–Crippen LogP) is -0.558. The number of nitrogens with one attached hydrogen (secondary N) is 2. The van der Waals surface area contributed by atoms with Gasteiger partial charge in [0.2, 0.25) is 0 Å². The van der Waals surface area contributed by atoms with Gasteiger partial charge in [-0.2, -0.15) is 8.42 Å². The van der Waals surface area contributed by atoms with Gasteiger partial charge in [0.1, 0.15) is 5.60 Å². The van der Waals surface area contributed by atoms with Crippen LogP contribution in [-0.4, -0.2) is 60.6 Å². The number of alkyl carbamates (subject to hydrolysis) is 1. The Morgan fingerprint density at radius 1 is 1.30 bits per heavy atom. The zero-order chi connectivity index (χ0) is 16.0. The van der Waals surface area contributed by atoms with Crippen molar-refractivity contribution in [1.82, 2.24) is 10.6 Å². The van der Waals surface area contributed by atoms with E-state index in [-0.39, 0.29) is 6.54 Å². The zero-order valence-corrected chi connectivity index (χ0v) is 12.4. The number of rotatable bonds is 7. The molecule has 0 saturated carbocycles. The van der Waals surface area contributed by atoms with E-state index < -0.39 is 46.1 Å². The standard InChI is InChI=1S/C10H20N2O7S/c1-10(2,3)19-9(15)12-7(6-20(16,17)18)4-11-5-8(13)14/h7,11H,4-6H2,1-3H3,(H,12,15)(H,13,14)(H,16,17,18). The van der Waals surface area contributed by atoms with Gasteiger partial charge in [0.15, 0.2) is 0 Å². The first-order chi connectivity index (χ1) is 8.89. The first-order valence-corrected chi connectivity index (χ1v) is 7.37. The second-order valence-electron chi connectivity index (χ2n) is 5.12. The number of carboxylic acid groups (broad SMARTS) is 1. The van der Waals surface area contributed by atoms with Gasteiger partial charge < -0.3 is 20.5 Å². The van der Waals surface area contributed by atoms with Gasteiger partial charge in [0.25, 0.3) is 10.1 Å². The summed E-state index contributed by atoms with van der Waals surface area (Å²) < 4.78 is 35.4. The first kappa shape index (κ1) is 18.6. The quantitative estimate of drug-likeness (QED) is 0.458. The Bertz CT molecular complexity index is 441. The minimum atomic E-state index is -4.32. The highest BCUT2D eigenvalue weighted by Gasteiger charge is 2.22. The van der Waals surface area contributed by atoms with E-state index >= 15 is 0 Å². The molecule has 1 unspecified atom stereocenters. The summed E-state index contributed by atoms with van der Waals surface area (Å²) in [5.41, 5.74) is -0.763. The molecule has 0 aliphatic heterocycles. The van der Waals surface area contributed by atoms with E-state index in [9.17, 15) is 18.0 Å². The molecule has 1 atom stereocenters. The molecule has 4 N–H and O–H groups in total. The number of hydrogen-bond donors (Lipinski definition) is 4. The van der Waals surface area contributed by atoms with Crippen LogP contribution >= 0.6 is 0 Å². The highest BCUT2D eigenvalue weighted by atomic mass is 32.2. The Balaban J connectivity index is 4.52. The highest BCUT2D eigenvalue weighted by Crippen LogP contribution is 2.06. The van der Waals surface area contributed by atoms with Gasteiger partial charge >= 0.3 is 12.1 Å². The van der Waals surface area contributed by atoms with Crippen molar-refractivity contribution in [3.05, 3.63) is 0 Å². The van der Waals surface area contributed by atoms with Gasteiger partial charge in [0.05, 0.1) is 18.3 Å². The lowest BCUT2D eigenvalue weighted by Crippen LogP contribution is -2.48. The summed E-state index contributed by atoms with van der Waals surface area (Å²) in [7, 11) is -4.32. The van der Waals surface area contributed by atoms with Crippen LogP contribution < -0.4 is 10.6 Å². The molecular weight excluding hydrogens is 292 g/mol. The molecule has 0 fully saturated rings. The largest absolute Gasteiger partial charge is 0.480 e. The fourth-order valence-corrected chi connectivity index (χ4v) is 1.94. The lowest BCUT2D eigenvalue weighted by atomic mass is 10.2. The van der Waals surface area contributed by atoms with Gasteiger partial charge in [0, 0.05) is 6.54 Å². The van der Waals surface area contributed by atoms with Crippen LogP contribution in [0.1, 0.15) is 20.8 Å². The smallest absolute Gasteiger partial charge is 0.407 e. The van der Waals surface area contributed by atoms with E-state index in [0.29, 0.717) is 0 Å². The van der Waals surface area contributed by atoms with Crippen molar-refractivity contribution in [2.24, 2.45) is 0 Å². The maximum absolute atomic E-state index is 11.5. The monoisotopic (exact) mass is 312 g/mol. The van der Waals surface area contributed by atoms with Gasteiger partial charge in [-0.15, -0.1) is 0 Å². The topological polar surface area (TPSA) is 142 Å². The van der Waals surface area contributed by atoms with Crippen LogP contribution in [0.5, 0.6) is 0 Å². The van der Waals surface area contributed by atoms with Crippen molar-refractivity contribution < 1.29 is 32.4 Å². The molecule has 118 valence electrons. The van der Waals surface area contributed by atoms with E-state index in [4.69, 9.17) is 14.4 Å². The van der Waals surface area contributed by atoms with Crippen molar-refractivity contribution in [2.75, 3.05) is 18.8 Å². The molecule has 0 radical (unpaired) electrons. The lowest BCUT2D eigenvalue weighted by molar-refractivity contribution is -0.135. The minimum Gasteiger partial charge on any atom is -0.480 e. The summed E-state index contributed by atoms with van der Waals surface area (Å²) >= 11 is 0. The molecule has 0 rings (SSSR count). The number of aliphatic carboxylic acids is 1.